The van der Waals surface area contributed by atoms with Crippen molar-refractivity contribution in [1.82, 2.24) is 9.97 Å². The Bertz CT molecular complexity index is 339. The van der Waals surface area contributed by atoms with Crippen LogP contribution in [0, 0.1) is 0 Å². The average molecular weight is 236 g/mol. The van der Waals surface area contributed by atoms with Crippen LogP contribution in [0.1, 0.15) is 26.2 Å². The van der Waals surface area contributed by atoms with Gasteiger partial charge in [0.05, 0.1) is 0 Å². The van der Waals surface area contributed by atoms with Crippen LogP contribution in [0.4, 0.5) is 11.8 Å². The molecule has 0 aliphatic carbocycles. The van der Waals surface area contributed by atoms with Crippen molar-refractivity contribution in [2.45, 2.75) is 32.2 Å². The lowest BCUT2D eigenvalue weighted by molar-refractivity contribution is 0.0904. The summed E-state index contributed by atoms with van der Waals surface area (Å²) in [5, 5.41) is 6.61. The molecule has 2 heterocycles. The van der Waals surface area contributed by atoms with Gasteiger partial charge >= 0.3 is 0 Å². The zero-order chi connectivity index (χ0) is 11.9. The molecule has 5 heteroatoms. The van der Waals surface area contributed by atoms with Gasteiger partial charge in [-0.3, -0.25) is 0 Å². The highest BCUT2D eigenvalue weighted by Gasteiger charge is 2.13. The SMILES string of the molecule is CCCNc1nccc(NC2CCOCC2)n1. The molecule has 1 aromatic heterocycles. The van der Waals surface area contributed by atoms with Gasteiger partial charge in [-0.2, -0.15) is 4.98 Å². The standard InChI is InChI=1S/C12H20N4O/c1-2-6-13-12-14-7-3-11(16-12)15-10-4-8-17-9-5-10/h3,7,10H,2,4-6,8-9H2,1H3,(H2,13,14,15,16). The first-order chi connectivity index (χ1) is 8.38. The van der Waals surface area contributed by atoms with Gasteiger partial charge in [0, 0.05) is 32.0 Å². The number of hydrogen-bond acceptors (Lipinski definition) is 5. The van der Waals surface area contributed by atoms with Gasteiger partial charge in [-0.05, 0) is 25.3 Å². The van der Waals surface area contributed by atoms with E-state index in [2.05, 4.69) is 27.5 Å². The Morgan fingerprint density at radius 2 is 2.24 bits per heavy atom. The van der Waals surface area contributed by atoms with Crippen molar-refractivity contribution in [2.24, 2.45) is 0 Å². The molecule has 1 aliphatic rings. The lowest BCUT2D eigenvalue weighted by Crippen LogP contribution is -2.28. The topological polar surface area (TPSA) is 59.1 Å². The molecule has 0 bridgehead atoms. The predicted molar refractivity (Wildman–Crippen MR) is 68.3 cm³/mol. The quantitative estimate of drug-likeness (QED) is 0.817. The van der Waals surface area contributed by atoms with Crippen LogP contribution in [0.3, 0.4) is 0 Å². The zero-order valence-corrected chi connectivity index (χ0v) is 10.3. The summed E-state index contributed by atoms with van der Waals surface area (Å²) in [6, 6.07) is 2.38. The van der Waals surface area contributed by atoms with E-state index >= 15 is 0 Å². The van der Waals surface area contributed by atoms with Gasteiger partial charge in [-0.1, -0.05) is 6.92 Å². The van der Waals surface area contributed by atoms with Crippen LogP contribution in [0.5, 0.6) is 0 Å². The number of ether oxygens (including phenoxy) is 1. The number of anilines is 2. The summed E-state index contributed by atoms with van der Waals surface area (Å²) in [7, 11) is 0. The summed E-state index contributed by atoms with van der Waals surface area (Å²) in [5.74, 6) is 1.59. The molecule has 0 radical (unpaired) electrons. The molecule has 0 unspecified atom stereocenters. The molecule has 0 amide bonds. The fraction of sp³-hybridized carbons (Fsp3) is 0.667. The molecule has 0 saturated carbocycles. The average Bonchev–Trinajstić information content (AvgIpc) is 2.38. The summed E-state index contributed by atoms with van der Waals surface area (Å²) in [5.41, 5.74) is 0. The second-order valence-electron chi connectivity index (χ2n) is 4.22. The molecular weight excluding hydrogens is 216 g/mol. The van der Waals surface area contributed by atoms with Gasteiger partial charge in [0.25, 0.3) is 0 Å². The maximum Gasteiger partial charge on any atom is 0.224 e. The Hall–Kier alpha value is -1.36. The van der Waals surface area contributed by atoms with Gasteiger partial charge < -0.3 is 15.4 Å². The van der Waals surface area contributed by atoms with Gasteiger partial charge in [0.2, 0.25) is 5.95 Å². The Balaban J connectivity index is 1.90. The van der Waals surface area contributed by atoms with E-state index in [1.807, 2.05) is 6.07 Å². The van der Waals surface area contributed by atoms with Crippen LogP contribution < -0.4 is 10.6 Å². The molecular formula is C12H20N4O. The molecule has 2 N–H and O–H groups in total. The first-order valence-corrected chi connectivity index (χ1v) is 6.29. The second kappa shape index (κ2) is 6.39. The van der Waals surface area contributed by atoms with Crippen LogP contribution >= 0.6 is 0 Å². The Morgan fingerprint density at radius 3 is 3.00 bits per heavy atom. The summed E-state index contributed by atoms with van der Waals surface area (Å²) in [4.78, 5) is 8.61. The summed E-state index contributed by atoms with van der Waals surface area (Å²) in [6.07, 6.45) is 4.94. The van der Waals surface area contributed by atoms with E-state index in [0.717, 1.165) is 44.8 Å². The monoisotopic (exact) mass is 236 g/mol. The smallest absolute Gasteiger partial charge is 0.224 e. The van der Waals surface area contributed by atoms with Crippen LogP contribution in [-0.2, 0) is 4.74 Å². The molecule has 1 aromatic rings. The number of nitrogens with zero attached hydrogens (tertiary/aromatic N) is 2. The highest BCUT2D eigenvalue weighted by atomic mass is 16.5. The zero-order valence-electron chi connectivity index (χ0n) is 10.3. The minimum atomic E-state index is 0.470. The molecule has 17 heavy (non-hydrogen) atoms. The van der Waals surface area contributed by atoms with E-state index in [1.165, 1.54) is 0 Å². The fourth-order valence-corrected chi connectivity index (χ4v) is 1.81. The van der Waals surface area contributed by atoms with Crippen molar-refractivity contribution in [3.05, 3.63) is 12.3 Å². The molecule has 0 aromatic carbocycles. The fourth-order valence-electron chi connectivity index (χ4n) is 1.81. The van der Waals surface area contributed by atoms with E-state index in [1.54, 1.807) is 6.20 Å². The first-order valence-electron chi connectivity index (χ1n) is 6.29. The van der Waals surface area contributed by atoms with Gasteiger partial charge in [-0.25, -0.2) is 4.98 Å². The van der Waals surface area contributed by atoms with Crippen molar-refractivity contribution in [1.29, 1.82) is 0 Å². The molecule has 2 rings (SSSR count). The maximum absolute atomic E-state index is 5.33. The number of nitrogens with one attached hydrogen (secondary N) is 2. The molecule has 1 saturated heterocycles. The molecule has 0 spiro atoms. The van der Waals surface area contributed by atoms with Crippen LogP contribution in [0.15, 0.2) is 12.3 Å². The van der Waals surface area contributed by atoms with Crippen LogP contribution in [0.2, 0.25) is 0 Å². The lowest BCUT2D eigenvalue weighted by Gasteiger charge is -2.23. The lowest BCUT2D eigenvalue weighted by atomic mass is 10.1. The number of rotatable bonds is 5. The summed E-state index contributed by atoms with van der Waals surface area (Å²) in [6.45, 7) is 4.70. The Kier molecular flexibility index (Phi) is 4.55. The van der Waals surface area contributed by atoms with E-state index < -0.39 is 0 Å². The van der Waals surface area contributed by atoms with Gasteiger partial charge in [0.1, 0.15) is 5.82 Å². The molecule has 94 valence electrons. The minimum Gasteiger partial charge on any atom is -0.381 e. The van der Waals surface area contributed by atoms with Crippen LogP contribution in [-0.4, -0.2) is 35.8 Å². The summed E-state index contributed by atoms with van der Waals surface area (Å²) >= 11 is 0. The normalized spacial score (nSPS) is 16.8. The van der Waals surface area contributed by atoms with E-state index in [9.17, 15) is 0 Å². The molecule has 1 aliphatic heterocycles. The largest absolute Gasteiger partial charge is 0.381 e. The first kappa shape index (κ1) is 12.1. The number of aromatic nitrogens is 2. The summed E-state index contributed by atoms with van der Waals surface area (Å²) < 4.78 is 5.33. The van der Waals surface area contributed by atoms with Crippen molar-refractivity contribution in [3.63, 3.8) is 0 Å². The third-order valence-electron chi connectivity index (χ3n) is 2.76. The van der Waals surface area contributed by atoms with Gasteiger partial charge in [-0.15, -0.1) is 0 Å². The number of hydrogen-bond donors (Lipinski definition) is 2. The van der Waals surface area contributed by atoms with E-state index in [-0.39, 0.29) is 0 Å². The van der Waals surface area contributed by atoms with E-state index in [4.69, 9.17) is 4.74 Å². The minimum absolute atomic E-state index is 0.470. The third kappa shape index (κ3) is 3.85. The van der Waals surface area contributed by atoms with Crippen molar-refractivity contribution >= 4 is 11.8 Å². The Morgan fingerprint density at radius 1 is 1.41 bits per heavy atom. The highest BCUT2D eigenvalue weighted by molar-refractivity contribution is 5.40. The van der Waals surface area contributed by atoms with Gasteiger partial charge in [0.15, 0.2) is 0 Å². The van der Waals surface area contributed by atoms with Crippen molar-refractivity contribution in [2.75, 3.05) is 30.4 Å². The Labute approximate surface area is 102 Å². The predicted octanol–water partition coefficient (Wildman–Crippen LogP) is 1.89. The molecule has 5 nitrogen and oxygen atoms in total. The molecule has 0 atom stereocenters. The van der Waals surface area contributed by atoms with E-state index in [0.29, 0.717) is 12.0 Å². The van der Waals surface area contributed by atoms with Crippen molar-refractivity contribution in [3.8, 4) is 0 Å². The second-order valence-corrected chi connectivity index (χ2v) is 4.22. The highest BCUT2D eigenvalue weighted by Crippen LogP contribution is 2.13. The third-order valence-corrected chi connectivity index (χ3v) is 2.76. The molecule has 1 fully saturated rings. The van der Waals surface area contributed by atoms with Crippen molar-refractivity contribution < 1.29 is 4.74 Å². The van der Waals surface area contributed by atoms with Crippen LogP contribution in [0.25, 0.3) is 0 Å². The maximum atomic E-state index is 5.33.